The number of hydrogen-bond donors (Lipinski definition) is 0. The van der Waals surface area contributed by atoms with E-state index in [2.05, 4.69) is 0 Å². The number of allylic oxidation sites excluding steroid dienone is 2. The molecule has 138 valence electrons. The van der Waals surface area contributed by atoms with Gasteiger partial charge in [-0.2, -0.15) is 0 Å². The van der Waals surface area contributed by atoms with Crippen LogP contribution in [0.4, 0.5) is 10.1 Å². The van der Waals surface area contributed by atoms with Crippen LogP contribution in [0.25, 0.3) is 0 Å². The van der Waals surface area contributed by atoms with Gasteiger partial charge >= 0.3 is 0 Å². The molecule has 0 fully saturated rings. The summed E-state index contributed by atoms with van der Waals surface area (Å²) in [6, 6.07) is 11.1. The summed E-state index contributed by atoms with van der Waals surface area (Å²) >= 11 is 12.2. The van der Waals surface area contributed by atoms with Crippen LogP contribution in [0.15, 0.2) is 53.7 Å². The molecule has 4 rings (SSSR count). The van der Waals surface area contributed by atoms with E-state index < -0.39 is 5.82 Å². The summed E-state index contributed by atoms with van der Waals surface area (Å²) in [6.45, 7) is 0. The van der Waals surface area contributed by atoms with Crippen LogP contribution in [-0.4, -0.2) is 11.7 Å². The molecule has 27 heavy (non-hydrogen) atoms. The molecule has 1 atom stereocenters. The lowest BCUT2D eigenvalue weighted by atomic mass is 9.77. The zero-order valence-electron chi connectivity index (χ0n) is 14.3. The molecule has 0 saturated heterocycles. The normalized spacial score (nSPS) is 20.1. The first-order chi connectivity index (χ1) is 13.0. The molecule has 1 heterocycles. The van der Waals surface area contributed by atoms with Crippen LogP contribution in [0.2, 0.25) is 10.0 Å². The van der Waals surface area contributed by atoms with E-state index in [1.165, 1.54) is 17.0 Å². The lowest BCUT2D eigenvalue weighted by Crippen LogP contribution is -2.40. The van der Waals surface area contributed by atoms with Crippen molar-refractivity contribution >= 4 is 40.6 Å². The van der Waals surface area contributed by atoms with Crippen molar-refractivity contribution in [3.63, 3.8) is 0 Å². The maximum Gasteiger partial charge on any atom is 0.232 e. The lowest BCUT2D eigenvalue weighted by Gasteiger charge is -2.38. The van der Waals surface area contributed by atoms with Gasteiger partial charge in [-0.1, -0.05) is 35.3 Å². The van der Waals surface area contributed by atoms with Crippen LogP contribution < -0.4 is 4.90 Å². The Hall–Kier alpha value is -2.17. The van der Waals surface area contributed by atoms with Crippen molar-refractivity contribution in [2.45, 2.75) is 31.6 Å². The van der Waals surface area contributed by atoms with Crippen molar-refractivity contribution in [1.29, 1.82) is 0 Å². The lowest BCUT2D eigenvalue weighted by molar-refractivity contribution is -0.119. The summed E-state index contributed by atoms with van der Waals surface area (Å²) < 4.78 is 13.7. The summed E-state index contributed by atoms with van der Waals surface area (Å²) in [7, 11) is 0. The Morgan fingerprint density at radius 3 is 2.56 bits per heavy atom. The number of nitrogens with zero attached hydrogens (tertiary/aromatic N) is 1. The van der Waals surface area contributed by atoms with Gasteiger partial charge in [0.05, 0.1) is 15.7 Å². The largest absolute Gasteiger partial charge is 0.294 e. The van der Waals surface area contributed by atoms with Gasteiger partial charge < -0.3 is 0 Å². The van der Waals surface area contributed by atoms with Crippen molar-refractivity contribution in [2.24, 2.45) is 0 Å². The maximum atomic E-state index is 13.7. The van der Waals surface area contributed by atoms with E-state index in [0.29, 0.717) is 46.3 Å². The highest BCUT2D eigenvalue weighted by Gasteiger charge is 2.39. The van der Waals surface area contributed by atoms with Crippen molar-refractivity contribution in [1.82, 2.24) is 0 Å². The van der Waals surface area contributed by atoms with Crippen LogP contribution in [0.3, 0.4) is 0 Å². The van der Waals surface area contributed by atoms with E-state index in [-0.39, 0.29) is 24.0 Å². The van der Waals surface area contributed by atoms with Crippen molar-refractivity contribution < 1.29 is 14.0 Å². The number of amides is 1. The highest BCUT2D eigenvalue weighted by Crippen LogP contribution is 2.44. The number of carbonyl (C=O) groups excluding carboxylic acids is 2. The molecule has 0 bridgehead atoms. The highest BCUT2D eigenvalue weighted by atomic mass is 35.5. The molecular formula is C21H16Cl2FNO2. The second-order valence-corrected chi connectivity index (χ2v) is 7.59. The van der Waals surface area contributed by atoms with Crippen LogP contribution in [-0.2, 0) is 9.59 Å². The topological polar surface area (TPSA) is 37.4 Å². The number of benzene rings is 2. The number of Topliss-reactive ketones (excluding diaryl/α,β-unsaturated/α-hetero) is 1. The first-order valence-electron chi connectivity index (χ1n) is 8.75. The van der Waals surface area contributed by atoms with Crippen LogP contribution in [0.1, 0.15) is 37.2 Å². The Labute approximate surface area is 166 Å². The summed E-state index contributed by atoms with van der Waals surface area (Å²) in [5, 5.41) is 0.813. The van der Waals surface area contributed by atoms with Gasteiger partial charge in [0.1, 0.15) is 5.82 Å². The van der Waals surface area contributed by atoms with Crippen LogP contribution in [0.5, 0.6) is 0 Å². The molecule has 0 aromatic heterocycles. The molecule has 0 spiro atoms. The third kappa shape index (κ3) is 3.28. The molecule has 1 unspecified atom stereocenters. The van der Waals surface area contributed by atoms with Gasteiger partial charge in [-0.3, -0.25) is 14.5 Å². The summed E-state index contributed by atoms with van der Waals surface area (Å²) in [5.74, 6) is -0.914. The number of halogens is 3. The Balaban J connectivity index is 1.86. The number of ketones is 1. The van der Waals surface area contributed by atoms with Gasteiger partial charge in [0.25, 0.3) is 0 Å². The Kier molecular flexibility index (Phi) is 4.79. The second kappa shape index (κ2) is 7.10. The molecule has 1 aliphatic heterocycles. The van der Waals surface area contributed by atoms with Crippen LogP contribution in [0, 0.1) is 5.82 Å². The fraction of sp³-hybridized carbons (Fsp3) is 0.238. The minimum Gasteiger partial charge on any atom is -0.294 e. The van der Waals surface area contributed by atoms with E-state index in [1.807, 2.05) is 0 Å². The molecule has 3 nitrogen and oxygen atoms in total. The number of rotatable bonds is 2. The van der Waals surface area contributed by atoms with Gasteiger partial charge in [-0.15, -0.1) is 0 Å². The zero-order valence-corrected chi connectivity index (χ0v) is 15.9. The second-order valence-electron chi connectivity index (χ2n) is 6.78. The standard InChI is InChI=1S/C21H16Cl2FNO2/c22-16-8-7-12(9-17(16)23)15-11-20(27)25(14-4-1-3-13(24)10-14)18-5-2-6-19(26)21(15)18/h1,3-4,7-10,15H,2,5-6,11H2. The molecule has 2 aromatic carbocycles. The van der Waals surface area contributed by atoms with Gasteiger partial charge in [-0.05, 0) is 48.7 Å². The maximum absolute atomic E-state index is 13.7. The summed E-state index contributed by atoms with van der Waals surface area (Å²) in [5.41, 5.74) is 2.54. The molecular weight excluding hydrogens is 388 g/mol. The summed E-state index contributed by atoms with van der Waals surface area (Å²) in [4.78, 5) is 27.3. The molecule has 1 aliphatic carbocycles. The Morgan fingerprint density at radius 2 is 1.81 bits per heavy atom. The first-order valence-corrected chi connectivity index (χ1v) is 9.51. The quantitative estimate of drug-likeness (QED) is 0.648. The molecule has 2 aliphatic rings. The van der Waals surface area contributed by atoms with Gasteiger partial charge in [0.2, 0.25) is 5.91 Å². The van der Waals surface area contributed by atoms with E-state index in [9.17, 15) is 14.0 Å². The summed E-state index contributed by atoms with van der Waals surface area (Å²) in [6.07, 6.45) is 1.84. The molecule has 1 amide bonds. The van der Waals surface area contributed by atoms with Crippen molar-refractivity contribution in [2.75, 3.05) is 4.90 Å². The third-order valence-corrected chi connectivity index (χ3v) is 5.83. The Bertz CT molecular complexity index is 986. The monoisotopic (exact) mass is 403 g/mol. The number of anilines is 1. The number of carbonyl (C=O) groups is 2. The molecule has 0 radical (unpaired) electrons. The van der Waals surface area contributed by atoms with Gasteiger partial charge in [-0.25, -0.2) is 4.39 Å². The minimum absolute atomic E-state index is 0.0289. The van der Waals surface area contributed by atoms with E-state index in [0.717, 1.165) is 5.56 Å². The first kappa shape index (κ1) is 18.2. The zero-order chi connectivity index (χ0) is 19.1. The van der Waals surface area contributed by atoms with Gasteiger partial charge in [0.15, 0.2) is 5.78 Å². The fourth-order valence-corrected chi connectivity index (χ4v) is 4.23. The number of hydrogen-bond acceptors (Lipinski definition) is 2. The molecule has 0 N–H and O–H groups in total. The Morgan fingerprint density at radius 1 is 1.00 bits per heavy atom. The molecule has 0 saturated carbocycles. The van der Waals surface area contributed by atoms with Crippen LogP contribution >= 0.6 is 23.2 Å². The predicted octanol–water partition coefficient (Wildman–Crippen LogP) is 5.66. The van der Waals surface area contributed by atoms with E-state index >= 15 is 0 Å². The minimum atomic E-state index is -0.420. The van der Waals surface area contributed by atoms with E-state index in [1.54, 1.807) is 30.3 Å². The molecule has 6 heteroatoms. The molecule has 2 aromatic rings. The van der Waals surface area contributed by atoms with Crippen molar-refractivity contribution in [3.05, 3.63) is 75.2 Å². The average molecular weight is 404 g/mol. The smallest absolute Gasteiger partial charge is 0.232 e. The third-order valence-electron chi connectivity index (χ3n) is 5.09. The van der Waals surface area contributed by atoms with Gasteiger partial charge in [0, 0.05) is 30.0 Å². The van der Waals surface area contributed by atoms with E-state index in [4.69, 9.17) is 23.2 Å². The fourth-order valence-electron chi connectivity index (χ4n) is 3.92. The SMILES string of the molecule is O=C1CCCC2=C1C(c1ccc(Cl)c(Cl)c1)CC(=O)N2c1cccc(F)c1. The average Bonchev–Trinajstić information content (AvgIpc) is 2.63. The predicted molar refractivity (Wildman–Crippen MR) is 104 cm³/mol. The van der Waals surface area contributed by atoms with Crippen molar-refractivity contribution in [3.8, 4) is 0 Å². The highest BCUT2D eigenvalue weighted by molar-refractivity contribution is 6.42.